The molecule has 1 atom stereocenters. The fourth-order valence-electron chi connectivity index (χ4n) is 1.95. The summed E-state index contributed by atoms with van der Waals surface area (Å²) in [5, 5.41) is 7.72. The molecule has 0 spiro atoms. The maximum atomic E-state index is 12.3. The van der Waals surface area contributed by atoms with Crippen LogP contribution >= 0.6 is 67.8 Å². The second-order valence-electron chi connectivity index (χ2n) is 4.97. The van der Waals surface area contributed by atoms with Crippen molar-refractivity contribution in [2.75, 3.05) is 19.4 Å². The zero-order valence-corrected chi connectivity index (χ0v) is 20.7. The van der Waals surface area contributed by atoms with Crippen LogP contribution in [0.1, 0.15) is 34.6 Å². The van der Waals surface area contributed by atoms with Crippen LogP contribution in [0.25, 0.3) is 0 Å². The average Bonchev–Trinajstić information content (AvgIpc) is 2.57. The molecule has 8 nitrogen and oxygen atoms in total. The van der Waals surface area contributed by atoms with Gasteiger partial charge in [-0.15, -0.1) is 0 Å². The van der Waals surface area contributed by atoms with E-state index in [1.54, 1.807) is 0 Å². The summed E-state index contributed by atoms with van der Waals surface area (Å²) in [6.07, 6.45) is -1.02. The van der Waals surface area contributed by atoms with Gasteiger partial charge in [0, 0.05) is 24.6 Å². The summed E-state index contributed by atoms with van der Waals surface area (Å²) in [4.78, 5) is 48.0. The maximum absolute atomic E-state index is 12.3. The van der Waals surface area contributed by atoms with E-state index in [2.05, 4.69) is 16.0 Å². The monoisotopic (exact) mass is 699 g/mol. The zero-order valence-electron chi connectivity index (χ0n) is 14.3. The first kappa shape index (κ1) is 23.3. The van der Waals surface area contributed by atoms with Crippen molar-refractivity contribution in [3.05, 3.63) is 21.8 Å². The predicted octanol–water partition coefficient (Wildman–Crippen LogP) is 2.11. The van der Waals surface area contributed by atoms with Crippen LogP contribution in [-0.2, 0) is 14.3 Å². The van der Waals surface area contributed by atoms with Gasteiger partial charge < -0.3 is 20.7 Å². The van der Waals surface area contributed by atoms with Gasteiger partial charge in [-0.25, -0.2) is 0 Å². The number of rotatable bonds is 5. The van der Waals surface area contributed by atoms with Crippen LogP contribution in [0, 0.1) is 10.7 Å². The average molecular weight is 699 g/mol. The number of benzene rings is 1. The standard InChI is InChI=1S/C15H16I3N3O5/c1-5(26-6(2)22)13(23)21-12-10(17)7(14(24)19-3)9(16)8(11(12)18)15(25)20-4/h5H,1-4H3,(H,19,24)(H,20,25)(H,21,23)/t5-/m0/s1. The number of hydrogen-bond acceptors (Lipinski definition) is 5. The Kier molecular flexibility index (Phi) is 8.98. The molecule has 26 heavy (non-hydrogen) atoms. The van der Waals surface area contributed by atoms with E-state index in [4.69, 9.17) is 4.74 Å². The van der Waals surface area contributed by atoms with E-state index in [-0.39, 0.29) is 22.9 Å². The van der Waals surface area contributed by atoms with E-state index in [1.165, 1.54) is 27.9 Å². The predicted molar refractivity (Wildman–Crippen MR) is 121 cm³/mol. The number of esters is 1. The number of halogens is 3. The number of amides is 3. The SMILES string of the molecule is CNC(=O)c1c(I)c(NC(=O)[C@H](C)OC(C)=O)c(I)c(C(=O)NC)c1I. The summed E-state index contributed by atoms with van der Waals surface area (Å²) in [6, 6.07) is 0. The Morgan fingerprint density at radius 2 is 1.31 bits per heavy atom. The van der Waals surface area contributed by atoms with E-state index in [9.17, 15) is 19.2 Å². The number of anilines is 1. The Bertz CT molecular complexity index is 739. The van der Waals surface area contributed by atoms with Gasteiger partial charge in [-0.1, -0.05) is 0 Å². The Labute approximate surface area is 191 Å². The topological polar surface area (TPSA) is 114 Å². The third kappa shape index (κ3) is 5.17. The first-order chi connectivity index (χ1) is 12.1. The molecule has 0 aliphatic carbocycles. The van der Waals surface area contributed by atoms with E-state index in [0.29, 0.717) is 16.4 Å². The number of ether oxygens (including phenoxy) is 1. The molecule has 1 aromatic rings. The lowest BCUT2D eigenvalue weighted by Gasteiger charge is -2.20. The molecule has 11 heteroatoms. The molecule has 0 fully saturated rings. The quantitative estimate of drug-likeness (QED) is 0.322. The lowest BCUT2D eigenvalue weighted by molar-refractivity contribution is -0.150. The van der Waals surface area contributed by atoms with Gasteiger partial charge in [-0.3, -0.25) is 19.2 Å². The first-order valence-corrected chi connectivity index (χ1v) is 10.4. The molecule has 0 unspecified atom stereocenters. The largest absolute Gasteiger partial charge is 0.453 e. The molecule has 3 N–H and O–H groups in total. The smallest absolute Gasteiger partial charge is 0.303 e. The van der Waals surface area contributed by atoms with Crippen molar-refractivity contribution in [1.29, 1.82) is 0 Å². The van der Waals surface area contributed by atoms with Crippen LogP contribution in [-0.4, -0.2) is 43.9 Å². The molecule has 142 valence electrons. The third-order valence-corrected chi connectivity index (χ3v) is 6.42. The molecule has 0 aromatic heterocycles. The van der Waals surface area contributed by atoms with Gasteiger partial charge in [0.05, 0.1) is 24.0 Å². The van der Waals surface area contributed by atoms with Gasteiger partial charge in [0.1, 0.15) is 0 Å². The maximum Gasteiger partial charge on any atom is 0.303 e. The summed E-state index contributed by atoms with van der Waals surface area (Å²) >= 11 is 5.82. The van der Waals surface area contributed by atoms with E-state index in [1.807, 2.05) is 67.8 Å². The first-order valence-electron chi connectivity index (χ1n) is 7.19. The van der Waals surface area contributed by atoms with Crippen LogP contribution in [0.4, 0.5) is 5.69 Å². The van der Waals surface area contributed by atoms with E-state index in [0.717, 1.165) is 0 Å². The van der Waals surface area contributed by atoms with Crippen molar-refractivity contribution in [3.63, 3.8) is 0 Å². The highest BCUT2D eigenvalue weighted by Crippen LogP contribution is 2.35. The van der Waals surface area contributed by atoms with Gasteiger partial charge >= 0.3 is 5.97 Å². The van der Waals surface area contributed by atoms with Crippen LogP contribution in [0.5, 0.6) is 0 Å². The molecular weight excluding hydrogens is 683 g/mol. The summed E-state index contributed by atoms with van der Waals surface area (Å²) in [6.45, 7) is 2.64. The molecule has 0 bridgehead atoms. The van der Waals surface area contributed by atoms with Crippen molar-refractivity contribution in [1.82, 2.24) is 10.6 Å². The summed E-state index contributed by atoms with van der Waals surface area (Å²) < 4.78 is 6.30. The lowest BCUT2D eigenvalue weighted by Crippen LogP contribution is -2.32. The van der Waals surface area contributed by atoms with Crippen molar-refractivity contribution < 1.29 is 23.9 Å². The zero-order chi connectivity index (χ0) is 20.2. The highest BCUT2D eigenvalue weighted by molar-refractivity contribution is 14.1. The van der Waals surface area contributed by atoms with E-state index < -0.39 is 18.0 Å². The molecular formula is C15H16I3N3O5. The minimum absolute atomic E-state index is 0.281. The van der Waals surface area contributed by atoms with Gasteiger partial charge in [-0.05, 0) is 74.7 Å². The van der Waals surface area contributed by atoms with Crippen molar-refractivity contribution in [2.45, 2.75) is 20.0 Å². The van der Waals surface area contributed by atoms with E-state index >= 15 is 0 Å². The van der Waals surface area contributed by atoms with Gasteiger partial charge in [0.2, 0.25) is 0 Å². The van der Waals surface area contributed by atoms with Gasteiger partial charge in [0.25, 0.3) is 17.7 Å². The van der Waals surface area contributed by atoms with Crippen molar-refractivity contribution in [2.24, 2.45) is 0 Å². The molecule has 0 heterocycles. The molecule has 0 saturated carbocycles. The second-order valence-corrected chi connectivity index (χ2v) is 8.20. The molecule has 1 aromatic carbocycles. The van der Waals surface area contributed by atoms with Crippen molar-refractivity contribution in [3.8, 4) is 0 Å². The Hall–Kier alpha value is -0.710. The normalized spacial score (nSPS) is 11.3. The number of carbonyl (C=O) groups is 4. The minimum Gasteiger partial charge on any atom is -0.453 e. The lowest BCUT2D eigenvalue weighted by atomic mass is 10.1. The Balaban J connectivity index is 3.56. The molecule has 0 radical (unpaired) electrons. The molecule has 0 aliphatic heterocycles. The summed E-state index contributed by atoms with van der Waals surface area (Å²) in [7, 11) is 2.96. The van der Waals surface area contributed by atoms with Gasteiger partial charge in [0.15, 0.2) is 6.10 Å². The highest BCUT2D eigenvalue weighted by Gasteiger charge is 2.28. The Morgan fingerprint density at radius 3 is 1.65 bits per heavy atom. The van der Waals surface area contributed by atoms with Crippen LogP contribution in [0.3, 0.4) is 0 Å². The molecule has 1 rings (SSSR count). The minimum atomic E-state index is -1.02. The summed E-state index contributed by atoms with van der Waals surface area (Å²) in [5.41, 5.74) is 0.874. The van der Waals surface area contributed by atoms with Crippen molar-refractivity contribution >= 4 is 97.2 Å². The fraction of sp³-hybridized carbons (Fsp3) is 0.333. The number of nitrogens with one attached hydrogen (secondary N) is 3. The van der Waals surface area contributed by atoms with Crippen LogP contribution < -0.4 is 16.0 Å². The summed E-state index contributed by atoms with van der Waals surface area (Å²) in [5.74, 6) is -1.92. The number of carbonyl (C=O) groups excluding carboxylic acids is 4. The highest BCUT2D eigenvalue weighted by atomic mass is 127. The molecule has 0 aliphatic rings. The van der Waals surface area contributed by atoms with Crippen LogP contribution in [0.2, 0.25) is 0 Å². The van der Waals surface area contributed by atoms with Gasteiger partial charge in [-0.2, -0.15) is 0 Å². The Morgan fingerprint density at radius 1 is 0.885 bits per heavy atom. The molecule has 3 amide bonds. The van der Waals surface area contributed by atoms with Crippen LogP contribution in [0.15, 0.2) is 0 Å². The molecule has 0 saturated heterocycles. The fourth-order valence-corrected chi connectivity index (χ4v) is 6.37. The number of hydrogen-bond donors (Lipinski definition) is 3. The second kappa shape index (κ2) is 10.0. The third-order valence-electron chi connectivity index (χ3n) is 3.19.